The lowest BCUT2D eigenvalue weighted by atomic mass is 9.85. The van der Waals surface area contributed by atoms with Gasteiger partial charge < -0.3 is 10.2 Å². The van der Waals surface area contributed by atoms with Crippen molar-refractivity contribution in [2.75, 3.05) is 13.6 Å². The lowest BCUT2D eigenvalue weighted by molar-refractivity contribution is -0.122. The zero-order chi connectivity index (χ0) is 20.2. The summed E-state index contributed by atoms with van der Waals surface area (Å²) in [5.41, 5.74) is 0.813. The summed E-state index contributed by atoms with van der Waals surface area (Å²) in [7, 11) is 1.60. The minimum Gasteiger partial charge on any atom is -0.348 e. The molecule has 1 N–H and O–H groups in total. The van der Waals surface area contributed by atoms with Gasteiger partial charge in [0.2, 0.25) is 5.91 Å². The molecule has 1 heterocycles. The number of carbonyl (C=O) groups excluding carboxylic acids is 2. The van der Waals surface area contributed by atoms with E-state index < -0.39 is 0 Å². The zero-order valence-corrected chi connectivity index (χ0v) is 18.3. The van der Waals surface area contributed by atoms with Gasteiger partial charge in [0.15, 0.2) is 0 Å². The fourth-order valence-electron chi connectivity index (χ4n) is 2.70. The van der Waals surface area contributed by atoms with Crippen LogP contribution in [0.1, 0.15) is 48.5 Å². The fourth-order valence-corrected chi connectivity index (χ4v) is 4.08. The molecule has 0 radical (unpaired) electrons. The lowest BCUT2D eigenvalue weighted by Crippen LogP contribution is -2.40. The summed E-state index contributed by atoms with van der Waals surface area (Å²) in [5.74, 6) is -0.762. The van der Waals surface area contributed by atoms with Crippen molar-refractivity contribution >= 4 is 39.1 Å². The first kappa shape index (κ1) is 21.6. The van der Waals surface area contributed by atoms with E-state index in [1.165, 1.54) is 28.4 Å². The van der Waals surface area contributed by atoms with Crippen LogP contribution in [0.4, 0.5) is 4.39 Å². The van der Waals surface area contributed by atoms with E-state index in [1.807, 2.05) is 0 Å². The SMILES string of the molecule is CN(CC(=O)NC(CC(C)(C)C)c1ccc(F)cc1)C(=O)c1ccc(Br)s1. The first-order valence-corrected chi connectivity index (χ1v) is 10.2. The van der Waals surface area contributed by atoms with E-state index in [1.54, 1.807) is 31.3 Å². The maximum Gasteiger partial charge on any atom is 0.264 e. The molecule has 4 nitrogen and oxygen atoms in total. The van der Waals surface area contributed by atoms with E-state index >= 15 is 0 Å². The number of carbonyl (C=O) groups is 2. The third-order valence-electron chi connectivity index (χ3n) is 3.94. The summed E-state index contributed by atoms with van der Waals surface area (Å²) >= 11 is 4.66. The summed E-state index contributed by atoms with van der Waals surface area (Å²) in [6.07, 6.45) is 0.694. The van der Waals surface area contributed by atoms with Crippen LogP contribution < -0.4 is 5.32 Å². The Kier molecular flexibility index (Phi) is 7.17. The number of benzene rings is 1. The Bertz CT molecular complexity index is 799. The van der Waals surface area contributed by atoms with Gasteiger partial charge in [-0.3, -0.25) is 9.59 Å². The van der Waals surface area contributed by atoms with E-state index in [2.05, 4.69) is 42.0 Å². The topological polar surface area (TPSA) is 49.4 Å². The first-order chi connectivity index (χ1) is 12.5. The molecule has 27 heavy (non-hydrogen) atoms. The first-order valence-electron chi connectivity index (χ1n) is 8.61. The van der Waals surface area contributed by atoms with Gasteiger partial charge in [-0.15, -0.1) is 11.3 Å². The lowest BCUT2D eigenvalue weighted by Gasteiger charge is -2.28. The van der Waals surface area contributed by atoms with Gasteiger partial charge in [-0.05, 0) is 57.6 Å². The second-order valence-electron chi connectivity index (χ2n) is 7.70. The number of amides is 2. The van der Waals surface area contributed by atoms with Gasteiger partial charge in [0, 0.05) is 7.05 Å². The van der Waals surface area contributed by atoms with Crippen molar-refractivity contribution < 1.29 is 14.0 Å². The number of thiophene rings is 1. The maximum absolute atomic E-state index is 13.2. The summed E-state index contributed by atoms with van der Waals surface area (Å²) in [4.78, 5) is 26.9. The number of nitrogens with one attached hydrogen (secondary N) is 1. The smallest absolute Gasteiger partial charge is 0.264 e. The molecular weight excluding hydrogens is 431 g/mol. The summed E-state index contributed by atoms with van der Waals surface area (Å²) in [5, 5.41) is 2.99. The van der Waals surface area contributed by atoms with Gasteiger partial charge in [0.1, 0.15) is 5.82 Å². The Hall–Kier alpha value is -1.73. The van der Waals surface area contributed by atoms with Gasteiger partial charge in [0.25, 0.3) is 5.91 Å². The molecule has 0 bridgehead atoms. The minimum atomic E-state index is -0.313. The van der Waals surface area contributed by atoms with Crippen molar-refractivity contribution in [3.8, 4) is 0 Å². The van der Waals surface area contributed by atoms with Gasteiger partial charge in [-0.2, -0.15) is 0 Å². The zero-order valence-electron chi connectivity index (χ0n) is 15.9. The average molecular weight is 455 g/mol. The molecule has 7 heteroatoms. The van der Waals surface area contributed by atoms with Crippen LogP contribution in [0.15, 0.2) is 40.2 Å². The predicted octanol–water partition coefficient (Wildman–Crippen LogP) is 5.02. The van der Waals surface area contributed by atoms with Crippen molar-refractivity contribution in [2.45, 2.75) is 33.2 Å². The molecule has 0 fully saturated rings. The fraction of sp³-hybridized carbons (Fsp3) is 0.400. The van der Waals surface area contributed by atoms with Crippen molar-refractivity contribution in [1.29, 1.82) is 0 Å². The maximum atomic E-state index is 13.2. The molecular formula is C20H24BrFN2O2S. The Morgan fingerprint density at radius 3 is 2.33 bits per heavy atom. The minimum absolute atomic E-state index is 0.0305. The summed E-state index contributed by atoms with van der Waals surface area (Å²) < 4.78 is 14.1. The monoisotopic (exact) mass is 454 g/mol. The second kappa shape index (κ2) is 8.97. The molecule has 146 valence electrons. The van der Waals surface area contributed by atoms with Gasteiger partial charge in [-0.25, -0.2) is 4.39 Å². The van der Waals surface area contributed by atoms with Crippen LogP contribution in [-0.4, -0.2) is 30.3 Å². The largest absolute Gasteiger partial charge is 0.348 e. The molecule has 1 aromatic heterocycles. The quantitative estimate of drug-likeness (QED) is 0.666. The van der Waals surface area contributed by atoms with Crippen LogP contribution in [0.2, 0.25) is 0 Å². The summed E-state index contributed by atoms with van der Waals surface area (Å²) in [6.45, 7) is 6.20. The number of likely N-dealkylation sites (N-methyl/N-ethyl adjacent to an activating group) is 1. The molecule has 0 saturated heterocycles. The highest BCUT2D eigenvalue weighted by Gasteiger charge is 2.24. The van der Waals surface area contributed by atoms with Gasteiger partial charge >= 0.3 is 0 Å². The van der Waals surface area contributed by atoms with Gasteiger partial charge in [-0.1, -0.05) is 32.9 Å². The Morgan fingerprint density at radius 2 is 1.81 bits per heavy atom. The molecule has 1 aromatic carbocycles. The van der Waals surface area contributed by atoms with E-state index in [9.17, 15) is 14.0 Å². The molecule has 0 aliphatic heterocycles. The van der Waals surface area contributed by atoms with E-state index in [0.29, 0.717) is 11.3 Å². The predicted molar refractivity (Wildman–Crippen MR) is 110 cm³/mol. The second-order valence-corrected chi connectivity index (χ2v) is 10.2. The highest BCUT2D eigenvalue weighted by molar-refractivity contribution is 9.11. The number of hydrogen-bond acceptors (Lipinski definition) is 3. The molecule has 0 spiro atoms. The molecule has 1 unspecified atom stereocenters. The molecule has 2 rings (SSSR count). The summed E-state index contributed by atoms with van der Waals surface area (Å²) in [6, 6.07) is 9.43. The van der Waals surface area contributed by atoms with Crippen molar-refractivity contribution in [2.24, 2.45) is 5.41 Å². The van der Waals surface area contributed by atoms with Crippen LogP contribution in [0.3, 0.4) is 0 Å². The van der Waals surface area contributed by atoms with Crippen LogP contribution in [0.25, 0.3) is 0 Å². The molecule has 0 saturated carbocycles. The normalized spacial score (nSPS) is 12.5. The molecule has 0 aliphatic rings. The highest BCUT2D eigenvalue weighted by atomic mass is 79.9. The van der Waals surface area contributed by atoms with Crippen LogP contribution >= 0.6 is 27.3 Å². The third-order valence-corrected chi connectivity index (χ3v) is 5.55. The van der Waals surface area contributed by atoms with Crippen LogP contribution in [0.5, 0.6) is 0 Å². The van der Waals surface area contributed by atoms with Crippen molar-refractivity contribution in [3.05, 3.63) is 56.4 Å². The third kappa shape index (κ3) is 6.74. The highest BCUT2D eigenvalue weighted by Crippen LogP contribution is 2.29. The van der Waals surface area contributed by atoms with Crippen molar-refractivity contribution in [3.63, 3.8) is 0 Å². The van der Waals surface area contributed by atoms with Crippen LogP contribution in [-0.2, 0) is 4.79 Å². The molecule has 1 atom stereocenters. The Morgan fingerprint density at radius 1 is 1.19 bits per heavy atom. The molecule has 2 amide bonds. The van der Waals surface area contributed by atoms with Gasteiger partial charge in [0.05, 0.1) is 21.3 Å². The number of nitrogens with zero attached hydrogens (tertiary/aromatic N) is 1. The van der Waals surface area contributed by atoms with E-state index in [4.69, 9.17) is 0 Å². The van der Waals surface area contributed by atoms with E-state index in [-0.39, 0.29) is 35.6 Å². The van der Waals surface area contributed by atoms with Crippen molar-refractivity contribution in [1.82, 2.24) is 10.2 Å². The number of hydrogen-bond donors (Lipinski definition) is 1. The molecule has 2 aromatic rings. The standard InChI is InChI=1S/C20H24BrFN2O2S/c1-20(2,3)11-15(13-5-7-14(22)8-6-13)23-18(25)12-24(4)19(26)16-9-10-17(21)27-16/h5-10,15H,11-12H2,1-4H3,(H,23,25). The van der Waals surface area contributed by atoms with Crippen LogP contribution in [0, 0.1) is 11.2 Å². The van der Waals surface area contributed by atoms with E-state index in [0.717, 1.165) is 9.35 Å². The Balaban J connectivity index is 2.06. The molecule has 0 aliphatic carbocycles. The number of halogens is 2. The average Bonchev–Trinajstić information content (AvgIpc) is 2.99. The Labute approximate surface area is 171 Å². The number of rotatable bonds is 6.